The highest BCUT2D eigenvalue weighted by Gasteiger charge is 2.15. The van der Waals surface area contributed by atoms with E-state index in [2.05, 4.69) is 4.98 Å². The van der Waals surface area contributed by atoms with Crippen molar-refractivity contribution >= 4 is 28.6 Å². The van der Waals surface area contributed by atoms with Gasteiger partial charge in [0.05, 0.1) is 16.7 Å². The van der Waals surface area contributed by atoms with Crippen LogP contribution in [-0.4, -0.2) is 50.9 Å². The molecule has 7 heteroatoms. The topological polar surface area (TPSA) is 75.4 Å². The lowest BCUT2D eigenvalue weighted by atomic mass is 10.2. The number of para-hydroxylation sites is 1. The van der Waals surface area contributed by atoms with Gasteiger partial charge in [-0.05, 0) is 32.4 Å². The van der Waals surface area contributed by atoms with Crippen molar-refractivity contribution in [3.63, 3.8) is 0 Å². The maximum Gasteiger partial charge on any atom is 0.262 e. The molecule has 0 radical (unpaired) electrons. The number of carbonyl (C=O) groups excluding carboxylic acids is 1. The smallest absolute Gasteiger partial charge is 0.262 e. The van der Waals surface area contributed by atoms with E-state index >= 15 is 0 Å². The zero-order valence-corrected chi connectivity index (χ0v) is 14.9. The molecule has 0 aliphatic rings. The lowest BCUT2D eigenvalue weighted by Crippen LogP contribution is -2.32. The molecule has 0 saturated heterocycles. The Kier molecular flexibility index (Phi) is 6.81. The SMILES string of the molecule is CCN(CC)C(=O)CSc1nc2ccccc2c(=O)n1CCCO. The molecule has 24 heavy (non-hydrogen) atoms. The number of thioether (sulfide) groups is 1. The number of amides is 1. The van der Waals surface area contributed by atoms with E-state index in [4.69, 9.17) is 5.11 Å². The van der Waals surface area contributed by atoms with E-state index in [-0.39, 0.29) is 23.8 Å². The molecule has 2 aromatic rings. The summed E-state index contributed by atoms with van der Waals surface area (Å²) in [4.78, 5) is 31.2. The standard InChI is InChI=1S/C17H23N3O3S/c1-3-19(4-2)15(22)12-24-17-18-14-9-6-5-8-13(14)16(23)20(17)10-7-11-21/h5-6,8-9,21H,3-4,7,10-12H2,1-2H3. The molecule has 2 rings (SSSR count). The summed E-state index contributed by atoms with van der Waals surface area (Å²) < 4.78 is 1.55. The molecule has 0 bridgehead atoms. The van der Waals surface area contributed by atoms with E-state index in [1.165, 1.54) is 11.8 Å². The summed E-state index contributed by atoms with van der Waals surface area (Å²) in [5.41, 5.74) is 0.493. The summed E-state index contributed by atoms with van der Waals surface area (Å²) in [6.07, 6.45) is 0.470. The van der Waals surface area contributed by atoms with Gasteiger partial charge < -0.3 is 10.0 Å². The molecule has 1 N–H and O–H groups in total. The molecule has 0 spiro atoms. The Balaban J connectivity index is 2.33. The van der Waals surface area contributed by atoms with Crippen LogP contribution < -0.4 is 5.56 Å². The Morgan fingerprint density at radius 2 is 2.00 bits per heavy atom. The van der Waals surface area contributed by atoms with Crippen LogP contribution in [0.25, 0.3) is 10.9 Å². The molecule has 1 heterocycles. The van der Waals surface area contributed by atoms with Crippen molar-refractivity contribution in [2.75, 3.05) is 25.4 Å². The third-order valence-electron chi connectivity index (χ3n) is 3.81. The fourth-order valence-electron chi connectivity index (χ4n) is 2.48. The van der Waals surface area contributed by atoms with Crippen molar-refractivity contribution in [3.05, 3.63) is 34.6 Å². The van der Waals surface area contributed by atoms with Crippen LogP contribution in [0.5, 0.6) is 0 Å². The second-order valence-corrected chi connectivity index (χ2v) is 6.24. The first kappa shape index (κ1) is 18.5. The quantitative estimate of drug-likeness (QED) is 0.580. The van der Waals surface area contributed by atoms with E-state index < -0.39 is 0 Å². The van der Waals surface area contributed by atoms with Gasteiger partial charge in [0.1, 0.15) is 0 Å². The molecular formula is C17H23N3O3S. The monoisotopic (exact) mass is 349 g/mol. The van der Waals surface area contributed by atoms with Crippen molar-refractivity contribution in [2.24, 2.45) is 0 Å². The number of nitrogens with zero attached hydrogens (tertiary/aromatic N) is 3. The molecule has 0 aliphatic carbocycles. The van der Waals surface area contributed by atoms with Gasteiger partial charge >= 0.3 is 0 Å². The van der Waals surface area contributed by atoms with Crippen LogP contribution in [0.3, 0.4) is 0 Å². The van der Waals surface area contributed by atoms with Gasteiger partial charge in [-0.15, -0.1) is 0 Å². The van der Waals surface area contributed by atoms with E-state index in [9.17, 15) is 9.59 Å². The number of rotatable bonds is 8. The van der Waals surface area contributed by atoms with Crippen LogP contribution >= 0.6 is 11.8 Å². The van der Waals surface area contributed by atoms with Gasteiger partial charge in [-0.1, -0.05) is 23.9 Å². The van der Waals surface area contributed by atoms with Gasteiger partial charge in [0.2, 0.25) is 5.91 Å². The molecule has 0 unspecified atom stereocenters. The van der Waals surface area contributed by atoms with Crippen molar-refractivity contribution in [3.8, 4) is 0 Å². The summed E-state index contributed by atoms with van der Waals surface area (Å²) >= 11 is 1.27. The Hall–Kier alpha value is -1.86. The first-order chi connectivity index (χ1) is 11.6. The van der Waals surface area contributed by atoms with Gasteiger partial charge in [0.15, 0.2) is 5.16 Å². The minimum atomic E-state index is -0.133. The summed E-state index contributed by atoms with van der Waals surface area (Å²) in [6, 6.07) is 7.18. The second kappa shape index (κ2) is 8.84. The third-order valence-corrected chi connectivity index (χ3v) is 4.77. The number of hydrogen-bond donors (Lipinski definition) is 1. The van der Waals surface area contributed by atoms with Gasteiger partial charge in [-0.25, -0.2) is 4.98 Å². The average Bonchev–Trinajstić information content (AvgIpc) is 2.60. The Morgan fingerprint density at radius 1 is 1.29 bits per heavy atom. The first-order valence-electron chi connectivity index (χ1n) is 8.13. The van der Waals surface area contributed by atoms with Crippen LogP contribution in [0.4, 0.5) is 0 Å². The highest BCUT2D eigenvalue weighted by molar-refractivity contribution is 7.99. The van der Waals surface area contributed by atoms with Crippen LogP contribution in [0.15, 0.2) is 34.2 Å². The van der Waals surface area contributed by atoms with Crippen LogP contribution in [0, 0.1) is 0 Å². The number of benzene rings is 1. The van der Waals surface area contributed by atoms with Gasteiger partial charge in [0.25, 0.3) is 5.56 Å². The molecule has 0 fully saturated rings. The van der Waals surface area contributed by atoms with Crippen LogP contribution in [0.1, 0.15) is 20.3 Å². The largest absolute Gasteiger partial charge is 0.396 e. The zero-order chi connectivity index (χ0) is 17.5. The Morgan fingerprint density at radius 3 is 2.67 bits per heavy atom. The van der Waals surface area contributed by atoms with Crippen LogP contribution in [-0.2, 0) is 11.3 Å². The number of aliphatic hydroxyl groups excluding tert-OH is 1. The molecule has 0 atom stereocenters. The molecule has 0 aliphatic heterocycles. The molecule has 1 aromatic carbocycles. The second-order valence-electron chi connectivity index (χ2n) is 5.30. The number of carbonyl (C=O) groups is 1. The maximum absolute atomic E-state index is 12.7. The van der Waals surface area contributed by atoms with Gasteiger partial charge in [-0.3, -0.25) is 14.2 Å². The Bertz CT molecular complexity index is 756. The molecule has 0 saturated carbocycles. The third kappa shape index (κ3) is 4.15. The van der Waals surface area contributed by atoms with E-state index in [0.717, 1.165) is 0 Å². The van der Waals surface area contributed by atoms with Crippen molar-refractivity contribution < 1.29 is 9.90 Å². The number of aliphatic hydroxyl groups is 1. The van der Waals surface area contributed by atoms with Crippen LogP contribution in [0.2, 0.25) is 0 Å². The lowest BCUT2D eigenvalue weighted by molar-refractivity contribution is -0.127. The predicted molar refractivity (Wildman–Crippen MR) is 96.4 cm³/mol. The van der Waals surface area contributed by atoms with E-state index in [0.29, 0.717) is 42.1 Å². The van der Waals surface area contributed by atoms with Crippen molar-refractivity contribution in [1.82, 2.24) is 14.5 Å². The maximum atomic E-state index is 12.7. The van der Waals surface area contributed by atoms with Gasteiger partial charge in [-0.2, -0.15) is 0 Å². The van der Waals surface area contributed by atoms with Gasteiger partial charge in [0, 0.05) is 26.2 Å². The summed E-state index contributed by atoms with van der Waals surface area (Å²) in [6.45, 7) is 5.60. The normalized spacial score (nSPS) is 11.0. The molecule has 1 aromatic heterocycles. The zero-order valence-electron chi connectivity index (χ0n) is 14.1. The molecule has 1 amide bonds. The summed E-state index contributed by atoms with van der Waals surface area (Å²) in [5, 5.41) is 10.1. The fraction of sp³-hybridized carbons (Fsp3) is 0.471. The summed E-state index contributed by atoms with van der Waals surface area (Å²) in [7, 11) is 0. The first-order valence-corrected chi connectivity index (χ1v) is 9.11. The highest BCUT2D eigenvalue weighted by Crippen LogP contribution is 2.18. The number of fused-ring (bicyclic) bond motifs is 1. The van der Waals surface area contributed by atoms with E-state index in [1.807, 2.05) is 19.9 Å². The Labute approximate surface area is 145 Å². The highest BCUT2D eigenvalue weighted by atomic mass is 32.2. The number of hydrogen-bond acceptors (Lipinski definition) is 5. The minimum Gasteiger partial charge on any atom is -0.396 e. The molecular weight excluding hydrogens is 326 g/mol. The number of aromatic nitrogens is 2. The minimum absolute atomic E-state index is 0.00174. The molecule has 6 nitrogen and oxygen atoms in total. The summed E-state index contributed by atoms with van der Waals surface area (Å²) in [5.74, 6) is 0.270. The lowest BCUT2D eigenvalue weighted by Gasteiger charge is -2.19. The predicted octanol–water partition coefficient (Wildman–Crippen LogP) is 1.74. The van der Waals surface area contributed by atoms with Crippen molar-refractivity contribution in [2.45, 2.75) is 32.0 Å². The molecule has 130 valence electrons. The van der Waals surface area contributed by atoms with E-state index in [1.54, 1.807) is 27.7 Å². The van der Waals surface area contributed by atoms with Crippen molar-refractivity contribution in [1.29, 1.82) is 0 Å². The fourth-order valence-corrected chi connectivity index (χ4v) is 3.41. The average molecular weight is 349 g/mol.